The standard InChI is InChI=1S/C16H28O4/c1-2-3-4-5-6-7-8-9-10-11-12-16(19)20-14-15(18)13-17/h15,17-18H,2-10,13-14H2,1H3. The van der Waals surface area contributed by atoms with Crippen molar-refractivity contribution in [2.45, 2.75) is 70.8 Å². The molecule has 0 bridgehead atoms. The van der Waals surface area contributed by atoms with Gasteiger partial charge in [-0.25, -0.2) is 4.79 Å². The number of esters is 1. The molecule has 0 aliphatic carbocycles. The van der Waals surface area contributed by atoms with Crippen LogP contribution in [0.5, 0.6) is 0 Å². The van der Waals surface area contributed by atoms with Crippen molar-refractivity contribution in [3.8, 4) is 11.8 Å². The maximum absolute atomic E-state index is 11.1. The maximum Gasteiger partial charge on any atom is 0.384 e. The highest BCUT2D eigenvalue weighted by molar-refractivity contribution is 5.88. The van der Waals surface area contributed by atoms with Gasteiger partial charge in [-0.15, -0.1) is 0 Å². The highest BCUT2D eigenvalue weighted by Crippen LogP contribution is 2.09. The summed E-state index contributed by atoms with van der Waals surface area (Å²) in [6, 6.07) is 0. The summed E-state index contributed by atoms with van der Waals surface area (Å²) < 4.78 is 4.65. The van der Waals surface area contributed by atoms with E-state index in [1.54, 1.807) is 0 Å². The van der Waals surface area contributed by atoms with Crippen LogP contribution in [0, 0.1) is 11.8 Å². The number of unbranched alkanes of at least 4 members (excludes halogenated alkanes) is 8. The summed E-state index contributed by atoms with van der Waals surface area (Å²) >= 11 is 0. The van der Waals surface area contributed by atoms with Crippen LogP contribution in [-0.4, -0.2) is 35.5 Å². The third kappa shape index (κ3) is 13.4. The van der Waals surface area contributed by atoms with Gasteiger partial charge in [0.1, 0.15) is 12.7 Å². The Bertz CT molecular complexity index is 291. The third-order valence-electron chi connectivity index (χ3n) is 2.96. The molecule has 1 unspecified atom stereocenters. The van der Waals surface area contributed by atoms with E-state index in [4.69, 9.17) is 10.2 Å². The van der Waals surface area contributed by atoms with Gasteiger partial charge < -0.3 is 14.9 Å². The topological polar surface area (TPSA) is 66.8 Å². The Labute approximate surface area is 122 Å². The van der Waals surface area contributed by atoms with E-state index in [1.165, 1.54) is 38.5 Å². The summed E-state index contributed by atoms with van der Waals surface area (Å²) in [5.74, 6) is 4.50. The fourth-order valence-corrected chi connectivity index (χ4v) is 1.74. The molecule has 0 aliphatic heterocycles. The molecule has 0 amide bonds. The average Bonchev–Trinajstić information content (AvgIpc) is 2.46. The normalized spacial score (nSPS) is 11.6. The van der Waals surface area contributed by atoms with E-state index in [-0.39, 0.29) is 6.61 Å². The van der Waals surface area contributed by atoms with Gasteiger partial charge in [0.25, 0.3) is 0 Å². The molecule has 0 spiro atoms. The second-order valence-electron chi connectivity index (χ2n) is 4.96. The zero-order chi connectivity index (χ0) is 15.1. The molecule has 1 atom stereocenters. The van der Waals surface area contributed by atoms with Gasteiger partial charge >= 0.3 is 5.97 Å². The summed E-state index contributed by atoms with van der Waals surface area (Å²) in [5.41, 5.74) is 0. The SMILES string of the molecule is CCCCCCCCCCC#CC(=O)OCC(O)CO. The molecule has 0 aromatic carbocycles. The second-order valence-corrected chi connectivity index (χ2v) is 4.96. The van der Waals surface area contributed by atoms with Gasteiger partial charge in [0, 0.05) is 12.3 Å². The average molecular weight is 284 g/mol. The van der Waals surface area contributed by atoms with Crippen molar-refractivity contribution in [1.29, 1.82) is 0 Å². The van der Waals surface area contributed by atoms with Crippen LogP contribution in [0.3, 0.4) is 0 Å². The zero-order valence-electron chi connectivity index (χ0n) is 12.6. The molecular weight excluding hydrogens is 256 g/mol. The van der Waals surface area contributed by atoms with Gasteiger partial charge in [0.15, 0.2) is 0 Å². The minimum absolute atomic E-state index is 0.207. The van der Waals surface area contributed by atoms with Crippen molar-refractivity contribution in [1.82, 2.24) is 0 Å². The molecule has 2 N–H and O–H groups in total. The Morgan fingerprint density at radius 3 is 2.30 bits per heavy atom. The highest BCUT2D eigenvalue weighted by Gasteiger charge is 2.04. The summed E-state index contributed by atoms with van der Waals surface area (Å²) in [6.07, 6.45) is 9.63. The minimum atomic E-state index is -1.02. The first-order chi connectivity index (χ1) is 9.70. The highest BCUT2D eigenvalue weighted by atomic mass is 16.5. The van der Waals surface area contributed by atoms with E-state index in [9.17, 15) is 4.79 Å². The van der Waals surface area contributed by atoms with E-state index < -0.39 is 18.7 Å². The molecular formula is C16H28O4. The molecule has 0 aromatic rings. The van der Waals surface area contributed by atoms with Crippen molar-refractivity contribution in [2.75, 3.05) is 13.2 Å². The van der Waals surface area contributed by atoms with Crippen molar-refractivity contribution in [3.05, 3.63) is 0 Å². The lowest BCUT2D eigenvalue weighted by molar-refractivity contribution is -0.140. The lowest BCUT2D eigenvalue weighted by Crippen LogP contribution is -2.21. The molecule has 0 saturated carbocycles. The third-order valence-corrected chi connectivity index (χ3v) is 2.96. The smallest absolute Gasteiger partial charge is 0.384 e. The largest absolute Gasteiger partial charge is 0.453 e. The Hall–Kier alpha value is -1.05. The van der Waals surface area contributed by atoms with Crippen LogP contribution in [0.15, 0.2) is 0 Å². The van der Waals surface area contributed by atoms with Crippen LogP contribution in [0.2, 0.25) is 0 Å². The Balaban J connectivity index is 3.37. The number of aliphatic hydroxyl groups is 2. The summed E-state index contributed by atoms with van der Waals surface area (Å²) in [6.45, 7) is 1.59. The number of hydrogen-bond acceptors (Lipinski definition) is 4. The molecule has 0 aliphatic rings. The van der Waals surface area contributed by atoms with Gasteiger partial charge in [0.05, 0.1) is 6.61 Å². The van der Waals surface area contributed by atoms with Crippen molar-refractivity contribution in [2.24, 2.45) is 0 Å². The molecule has 0 fully saturated rings. The van der Waals surface area contributed by atoms with E-state index in [2.05, 4.69) is 23.5 Å². The summed E-state index contributed by atoms with van der Waals surface area (Å²) in [5, 5.41) is 17.5. The fourth-order valence-electron chi connectivity index (χ4n) is 1.74. The molecule has 0 heterocycles. The van der Waals surface area contributed by atoms with E-state index >= 15 is 0 Å². The molecule has 4 heteroatoms. The Kier molecular flexibility index (Phi) is 13.6. The Morgan fingerprint density at radius 1 is 1.10 bits per heavy atom. The van der Waals surface area contributed by atoms with Gasteiger partial charge in [0.2, 0.25) is 0 Å². The van der Waals surface area contributed by atoms with Crippen LogP contribution >= 0.6 is 0 Å². The van der Waals surface area contributed by atoms with Gasteiger partial charge in [-0.3, -0.25) is 0 Å². The van der Waals surface area contributed by atoms with Crippen LogP contribution in [0.4, 0.5) is 0 Å². The van der Waals surface area contributed by atoms with Crippen molar-refractivity contribution < 1.29 is 19.7 Å². The quantitative estimate of drug-likeness (QED) is 0.265. The van der Waals surface area contributed by atoms with E-state index in [0.717, 1.165) is 12.8 Å². The van der Waals surface area contributed by atoms with Gasteiger partial charge in [-0.1, -0.05) is 57.8 Å². The predicted molar refractivity (Wildman–Crippen MR) is 79.1 cm³/mol. The number of carbonyl (C=O) groups excluding carboxylic acids is 1. The first kappa shape index (κ1) is 18.9. The monoisotopic (exact) mass is 284 g/mol. The van der Waals surface area contributed by atoms with Gasteiger partial charge in [-0.05, 0) is 6.42 Å². The van der Waals surface area contributed by atoms with Crippen LogP contribution in [0.1, 0.15) is 64.7 Å². The first-order valence-electron chi connectivity index (χ1n) is 7.65. The molecule has 0 rings (SSSR count). The van der Waals surface area contributed by atoms with Crippen LogP contribution in [-0.2, 0) is 9.53 Å². The lowest BCUT2D eigenvalue weighted by Gasteiger charge is -2.04. The number of carbonyl (C=O) groups is 1. The van der Waals surface area contributed by atoms with E-state index in [1.807, 2.05) is 0 Å². The molecule has 20 heavy (non-hydrogen) atoms. The lowest BCUT2D eigenvalue weighted by atomic mass is 10.1. The second kappa shape index (κ2) is 14.4. The summed E-state index contributed by atoms with van der Waals surface area (Å²) in [7, 11) is 0. The number of hydrogen-bond donors (Lipinski definition) is 2. The summed E-state index contributed by atoms with van der Waals surface area (Å²) in [4.78, 5) is 11.1. The molecule has 0 radical (unpaired) electrons. The number of rotatable bonds is 11. The molecule has 4 nitrogen and oxygen atoms in total. The minimum Gasteiger partial charge on any atom is -0.453 e. The van der Waals surface area contributed by atoms with Crippen LogP contribution in [0.25, 0.3) is 0 Å². The van der Waals surface area contributed by atoms with E-state index in [0.29, 0.717) is 6.42 Å². The maximum atomic E-state index is 11.1. The molecule has 0 saturated heterocycles. The molecule has 0 aromatic heterocycles. The molecule has 116 valence electrons. The van der Waals surface area contributed by atoms with Crippen molar-refractivity contribution >= 4 is 5.97 Å². The number of ether oxygens (including phenoxy) is 1. The predicted octanol–water partition coefficient (Wildman–Crippen LogP) is 2.42. The fraction of sp³-hybridized carbons (Fsp3) is 0.812. The number of aliphatic hydroxyl groups excluding tert-OH is 2. The zero-order valence-corrected chi connectivity index (χ0v) is 12.6. The Morgan fingerprint density at radius 2 is 1.70 bits per heavy atom. The first-order valence-corrected chi connectivity index (χ1v) is 7.65. The van der Waals surface area contributed by atoms with Gasteiger partial charge in [-0.2, -0.15) is 0 Å². The van der Waals surface area contributed by atoms with Crippen molar-refractivity contribution in [3.63, 3.8) is 0 Å². The van der Waals surface area contributed by atoms with Crippen LogP contribution < -0.4 is 0 Å².